The molecule has 0 fully saturated rings. The van der Waals surface area contributed by atoms with Crippen LogP contribution in [0, 0.1) is 5.82 Å². The number of anilines is 1. The van der Waals surface area contributed by atoms with Gasteiger partial charge in [-0.15, -0.1) is 0 Å². The number of hydrogen-bond donors (Lipinski definition) is 1. The van der Waals surface area contributed by atoms with Gasteiger partial charge in [0.05, 0.1) is 6.61 Å². The summed E-state index contributed by atoms with van der Waals surface area (Å²) in [5.74, 6) is -0.154. The van der Waals surface area contributed by atoms with Crippen LogP contribution in [0.5, 0.6) is 0 Å². The largest absolute Gasteiger partial charge is 0.380 e. The Morgan fingerprint density at radius 1 is 1.24 bits per heavy atom. The zero-order chi connectivity index (χ0) is 15.9. The molecule has 0 aliphatic rings. The first kappa shape index (κ1) is 17.9. The van der Waals surface area contributed by atoms with Crippen LogP contribution < -0.4 is 10.2 Å². The molecule has 3 nitrogen and oxygen atoms in total. The van der Waals surface area contributed by atoms with Crippen LogP contribution in [0.2, 0.25) is 0 Å². The highest BCUT2D eigenvalue weighted by atomic mass is 19.1. The van der Waals surface area contributed by atoms with Crippen LogP contribution in [0.4, 0.5) is 10.1 Å². The van der Waals surface area contributed by atoms with Gasteiger partial charge < -0.3 is 15.0 Å². The molecule has 0 saturated carbocycles. The van der Waals surface area contributed by atoms with E-state index in [4.69, 9.17) is 4.74 Å². The maximum atomic E-state index is 14.2. The molecule has 0 heterocycles. The Balaban J connectivity index is 2.90. The van der Waals surface area contributed by atoms with Crippen LogP contribution in [-0.2, 0) is 11.3 Å². The number of ether oxygens (including phenoxy) is 1. The van der Waals surface area contributed by atoms with Crippen molar-refractivity contribution in [1.29, 1.82) is 0 Å². The van der Waals surface area contributed by atoms with E-state index in [1.807, 2.05) is 13.0 Å². The van der Waals surface area contributed by atoms with Crippen LogP contribution in [0.25, 0.3) is 0 Å². The lowest BCUT2D eigenvalue weighted by molar-refractivity contribution is 0.154. The van der Waals surface area contributed by atoms with Crippen molar-refractivity contribution in [3.8, 4) is 0 Å². The molecule has 1 aromatic rings. The molecular weight excluding hydrogens is 267 g/mol. The molecule has 0 aliphatic carbocycles. The quantitative estimate of drug-likeness (QED) is 0.742. The Kier molecular flexibility index (Phi) is 7.12. The van der Waals surface area contributed by atoms with Crippen LogP contribution in [0.1, 0.15) is 40.2 Å². The van der Waals surface area contributed by atoms with Crippen molar-refractivity contribution in [2.45, 2.75) is 46.7 Å². The van der Waals surface area contributed by atoms with Crippen molar-refractivity contribution in [2.24, 2.45) is 0 Å². The summed E-state index contributed by atoms with van der Waals surface area (Å²) < 4.78 is 19.6. The number of nitrogens with zero attached hydrogens (tertiary/aromatic N) is 1. The molecule has 0 radical (unpaired) electrons. The summed E-state index contributed by atoms with van der Waals surface area (Å²) in [5.41, 5.74) is 1.64. The summed E-state index contributed by atoms with van der Waals surface area (Å²) in [4.78, 5) is 2.17. The average Bonchev–Trinajstić information content (AvgIpc) is 2.41. The van der Waals surface area contributed by atoms with E-state index in [0.29, 0.717) is 19.8 Å². The highest BCUT2D eigenvalue weighted by Crippen LogP contribution is 2.23. The van der Waals surface area contributed by atoms with Crippen molar-refractivity contribution in [3.05, 3.63) is 29.6 Å². The van der Waals surface area contributed by atoms with Crippen molar-refractivity contribution < 1.29 is 9.13 Å². The van der Waals surface area contributed by atoms with E-state index >= 15 is 0 Å². The number of nitrogens with one attached hydrogen (secondary N) is 1. The van der Waals surface area contributed by atoms with E-state index < -0.39 is 0 Å². The highest BCUT2D eigenvalue weighted by molar-refractivity contribution is 5.54. The Labute approximate surface area is 128 Å². The summed E-state index contributed by atoms with van der Waals surface area (Å²) >= 11 is 0. The van der Waals surface area contributed by atoms with Gasteiger partial charge in [-0.25, -0.2) is 4.39 Å². The van der Waals surface area contributed by atoms with Crippen LogP contribution in [-0.4, -0.2) is 31.8 Å². The van der Waals surface area contributed by atoms with Crippen molar-refractivity contribution >= 4 is 5.69 Å². The summed E-state index contributed by atoms with van der Waals surface area (Å²) in [6.45, 7) is 13.8. The second-order valence-electron chi connectivity index (χ2n) is 6.12. The van der Waals surface area contributed by atoms with Gasteiger partial charge in [0.1, 0.15) is 5.82 Å². The Morgan fingerprint density at radius 2 is 1.95 bits per heavy atom. The van der Waals surface area contributed by atoms with Gasteiger partial charge in [0, 0.05) is 43.0 Å². The van der Waals surface area contributed by atoms with E-state index in [2.05, 4.69) is 37.9 Å². The second kappa shape index (κ2) is 8.35. The zero-order valence-corrected chi connectivity index (χ0v) is 14.0. The molecule has 0 unspecified atom stereocenters. The van der Waals surface area contributed by atoms with Crippen LogP contribution in [0.15, 0.2) is 18.2 Å². The first-order valence-corrected chi connectivity index (χ1v) is 7.74. The van der Waals surface area contributed by atoms with E-state index in [9.17, 15) is 4.39 Å². The van der Waals surface area contributed by atoms with Crippen molar-refractivity contribution in [3.63, 3.8) is 0 Å². The van der Waals surface area contributed by atoms with Gasteiger partial charge in [-0.2, -0.15) is 0 Å². The summed E-state index contributed by atoms with van der Waals surface area (Å²) in [6.07, 6.45) is 0. The van der Waals surface area contributed by atoms with Gasteiger partial charge >= 0.3 is 0 Å². The fourth-order valence-corrected chi connectivity index (χ4v) is 2.14. The molecule has 1 aromatic carbocycles. The fraction of sp³-hybridized carbons (Fsp3) is 0.647. The van der Waals surface area contributed by atoms with Gasteiger partial charge in [0.15, 0.2) is 0 Å². The molecule has 0 spiro atoms. The third-order valence-corrected chi connectivity index (χ3v) is 3.32. The Hall–Kier alpha value is -1.13. The standard InChI is InChI=1S/C17H29FN2O/c1-6-20(11-12-21-7-2)16-10-8-9-15(18)14(16)13-19-17(3,4)5/h8-10,19H,6-7,11-13H2,1-5H3. The predicted octanol–water partition coefficient (Wildman–Crippen LogP) is 3.58. The van der Waals surface area contributed by atoms with E-state index in [0.717, 1.165) is 24.3 Å². The molecule has 0 bridgehead atoms. The number of benzene rings is 1. The van der Waals surface area contributed by atoms with Crippen molar-refractivity contribution in [2.75, 3.05) is 31.2 Å². The molecule has 0 atom stereocenters. The third-order valence-electron chi connectivity index (χ3n) is 3.32. The van der Waals surface area contributed by atoms with Crippen LogP contribution >= 0.6 is 0 Å². The summed E-state index contributed by atoms with van der Waals surface area (Å²) in [7, 11) is 0. The monoisotopic (exact) mass is 296 g/mol. The predicted molar refractivity (Wildman–Crippen MR) is 87.4 cm³/mol. The molecule has 0 saturated heterocycles. The summed E-state index contributed by atoms with van der Waals surface area (Å²) in [6, 6.07) is 5.28. The van der Waals surface area contributed by atoms with Gasteiger partial charge in [-0.1, -0.05) is 6.07 Å². The Bertz CT molecular complexity index is 429. The normalized spacial score (nSPS) is 11.7. The lowest BCUT2D eigenvalue weighted by Crippen LogP contribution is -2.36. The van der Waals surface area contributed by atoms with Crippen LogP contribution in [0.3, 0.4) is 0 Å². The highest BCUT2D eigenvalue weighted by Gasteiger charge is 2.16. The lowest BCUT2D eigenvalue weighted by atomic mass is 10.1. The molecule has 4 heteroatoms. The minimum Gasteiger partial charge on any atom is -0.380 e. The van der Waals surface area contributed by atoms with E-state index in [-0.39, 0.29) is 11.4 Å². The van der Waals surface area contributed by atoms with E-state index in [1.165, 1.54) is 6.07 Å². The number of halogens is 1. The summed E-state index contributed by atoms with van der Waals surface area (Å²) in [5, 5.41) is 3.37. The topological polar surface area (TPSA) is 24.5 Å². The lowest BCUT2D eigenvalue weighted by Gasteiger charge is -2.28. The zero-order valence-electron chi connectivity index (χ0n) is 14.0. The minimum absolute atomic E-state index is 0.0398. The van der Waals surface area contributed by atoms with Crippen molar-refractivity contribution in [1.82, 2.24) is 5.32 Å². The second-order valence-corrected chi connectivity index (χ2v) is 6.12. The minimum atomic E-state index is -0.154. The molecular formula is C17H29FN2O. The maximum absolute atomic E-state index is 14.2. The molecule has 1 N–H and O–H groups in total. The van der Waals surface area contributed by atoms with E-state index in [1.54, 1.807) is 6.07 Å². The Morgan fingerprint density at radius 3 is 2.52 bits per heavy atom. The molecule has 21 heavy (non-hydrogen) atoms. The van der Waals surface area contributed by atoms with Gasteiger partial charge in [-0.3, -0.25) is 0 Å². The molecule has 120 valence electrons. The third kappa shape index (κ3) is 6.02. The number of rotatable bonds is 8. The molecule has 0 amide bonds. The van der Waals surface area contributed by atoms with Gasteiger partial charge in [0.2, 0.25) is 0 Å². The number of likely N-dealkylation sites (N-methyl/N-ethyl adjacent to an activating group) is 1. The SMILES string of the molecule is CCOCCN(CC)c1cccc(F)c1CNC(C)(C)C. The first-order valence-electron chi connectivity index (χ1n) is 7.74. The smallest absolute Gasteiger partial charge is 0.129 e. The fourth-order valence-electron chi connectivity index (χ4n) is 2.14. The van der Waals surface area contributed by atoms with Gasteiger partial charge in [-0.05, 0) is 46.8 Å². The first-order chi connectivity index (χ1) is 9.89. The molecule has 1 rings (SSSR count). The van der Waals surface area contributed by atoms with Gasteiger partial charge in [0.25, 0.3) is 0 Å². The molecule has 0 aliphatic heterocycles. The molecule has 0 aromatic heterocycles. The maximum Gasteiger partial charge on any atom is 0.129 e. The number of hydrogen-bond acceptors (Lipinski definition) is 3. The average molecular weight is 296 g/mol.